The molecule has 0 radical (unpaired) electrons. The zero-order valence-corrected chi connectivity index (χ0v) is 11.0. The van der Waals surface area contributed by atoms with Gasteiger partial charge in [-0.3, -0.25) is 14.9 Å². The number of nitrogens with zero attached hydrogens (tertiary/aromatic N) is 1. The number of aliphatic carboxylic acids is 1. The summed E-state index contributed by atoms with van der Waals surface area (Å²) < 4.78 is 0. The molecule has 0 bridgehead atoms. The number of hydrogen-bond donors (Lipinski definition) is 2. The summed E-state index contributed by atoms with van der Waals surface area (Å²) in [6, 6.07) is 4.54. The Morgan fingerprint density at radius 2 is 2.21 bits per heavy atom. The molecule has 1 aromatic rings. The molecular formula is C13H18N2O4. The van der Waals surface area contributed by atoms with Crippen molar-refractivity contribution in [2.45, 2.75) is 39.2 Å². The van der Waals surface area contributed by atoms with Gasteiger partial charge in [0.1, 0.15) is 0 Å². The van der Waals surface area contributed by atoms with Crippen LogP contribution in [0, 0.1) is 17.0 Å². The highest BCUT2D eigenvalue weighted by molar-refractivity contribution is 5.69. The van der Waals surface area contributed by atoms with Crippen molar-refractivity contribution in [3.8, 4) is 0 Å². The van der Waals surface area contributed by atoms with E-state index in [1.54, 1.807) is 19.1 Å². The van der Waals surface area contributed by atoms with Crippen molar-refractivity contribution in [1.29, 1.82) is 0 Å². The number of carbonyl (C=O) groups is 1. The van der Waals surface area contributed by atoms with Crippen molar-refractivity contribution in [2.24, 2.45) is 0 Å². The van der Waals surface area contributed by atoms with Crippen molar-refractivity contribution in [1.82, 2.24) is 0 Å². The van der Waals surface area contributed by atoms with Crippen LogP contribution in [-0.2, 0) is 4.79 Å². The summed E-state index contributed by atoms with van der Waals surface area (Å²) in [4.78, 5) is 21.2. The van der Waals surface area contributed by atoms with Gasteiger partial charge >= 0.3 is 5.97 Å². The van der Waals surface area contributed by atoms with Gasteiger partial charge in [0, 0.05) is 23.4 Å². The maximum atomic E-state index is 10.8. The van der Waals surface area contributed by atoms with Gasteiger partial charge in [-0.15, -0.1) is 0 Å². The predicted octanol–water partition coefficient (Wildman–Crippen LogP) is 2.96. The molecule has 6 nitrogen and oxygen atoms in total. The maximum Gasteiger partial charge on any atom is 0.305 e. The number of nitro groups is 1. The molecule has 2 N–H and O–H groups in total. The van der Waals surface area contributed by atoms with Gasteiger partial charge < -0.3 is 10.4 Å². The number of nitrogens with one attached hydrogen (secondary N) is 1. The van der Waals surface area contributed by atoms with E-state index in [9.17, 15) is 14.9 Å². The van der Waals surface area contributed by atoms with Crippen LogP contribution in [0.2, 0.25) is 0 Å². The first kappa shape index (κ1) is 14.9. The molecule has 104 valence electrons. The van der Waals surface area contributed by atoms with E-state index in [1.165, 1.54) is 6.07 Å². The van der Waals surface area contributed by atoms with Gasteiger partial charge in [-0.05, 0) is 19.4 Å². The number of benzene rings is 1. The van der Waals surface area contributed by atoms with Crippen LogP contribution in [0.15, 0.2) is 18.2 Å². The van der Waals surface area contributed by atoms with Crippen LogP contribution in [0.5, 0.6) is 0 Å². The Kier molecular flexibility index (Phi) is 5.29. The number of anilines is 1. The minimum Gasteiger partial charge on any atom is -0.481 e. The SMILES string of the molecule is CCCC(CC(=O)O)Nc1cccc([N+](=O)[O-])c1C. The van der Waals surface area contributed by atoms with E-state index in [-0.39, 0.29) is 18.2 Å². The molecule has 1 atom stereocenters. The lowest BCUT2D eigenvalue weighted by molar-refractivity contribution is -0.385. The fourth-order valence-electron chi connectivity index (χ4n) is 1.98. The van der Waals surface area contributed by atoms with Gasteiger partial charge in [-0.25, -0.2) is 0 Å². The minimum atomic E-state index is -0.881. The Morgan fingerprint density at radius 1 is 1.53 bits per heavy atom. The molecule has 1 unspecified atom stereocenters. The van der Waals surface area contributed by atoms with Crippen molar-refractivity contribution in [3.63, 3.8) is 0 Å². The van der Waals surface area contributed by atoms with Crippen molar-refractivity contribution in [3.05, 3.63) is 33.9 Å². The number of nitro benzene ring substituents is 1. The average Bonchev–Trinajstić information content (AvgIpc) is 2.31. The Labute approximate surface area is 111 Å². The molecule has 0 aliphatic carbocycles. The number of hydrogen-bond acceptors (Lipinski definition) is 4. The van der Waals surface area contributed by atoms with Crippen LogP contribution in [0.1, 0.15) is 31.7 Å². The van der Waals surface area contributed by atoms with Crippen molar-refractivity contribution in [2.75, 3.05) is 5.32 Å². The van der Waals surface area contributed by atoms with Gasteiger partial charge in [0.15, 0.2) is 0 Å². The van der Waals surface area contributed by atoms with E-state index in [2.05, 4.69) is 5.32 Å². The zero-order chi connectivity index (χ0) is 14.4. The highest BCUT2D eigenvalue weighted by Gasteiger charge is 2.17. The summed E-state index contributed by atoms with van der Waals surface area (Å²) in [5, 5.41) is 22.8. The number of carboxylic acid groups (broad SMARTS) is 1. The molecule has 1 aromatic carbocycles. The Morgan fingerprint density at radius 3 is 2.74 bits per heavy atom. The van der Waals surface area contributed by atoms with Gasteiger partial charge in [-0.1, -0.05) is 19.4 Å². The standard InChI is InChI=1S/C13H18N2O4/c1-3-5-10(8-13(16)17)14-11-6-4-7-12(9(11)2)15(18)19/h4,6-7,10,14H,3,5,8H2,1-2H3,(H,16,17). The van der Waals surface area contributed by atoms with Crippen LogP contribution >= 0.6 is 0 Å². The van der Waals surface area contributed by atoms with Crippen LogP contribution in [0.25, 0.3) is 0 Å². The van der Waals surface area contributed by atoms with Gasteiger partial charge in [-0.2, -0.15) is 0 Å². The second-order valence-electron chi connectivity index (χ2n) is 4.43. The van der Waals surface area contributed by atoms with Gasteiger partial charge in [0.2, 0.25) is 0 Å². The fraction of sp³-hybridized carbons (Fsp3) is 0.462. The smallest absolute Gasteiger partial charge is 0.305 e. The first-order valence-electron chi connectivity index (χ1n) is 6.18. The van der Waals surface area contributed by atoms with Crippen LogP contribution in [-0.4, -0.2) is 22.0 Å². The van der Waals surface area contributed by atoms with Crippen LogP contribution in [0.3, 0.4) is 0 Å². The predicted molar refractivity (Wildman–Crippen MR) is 72.4 cm³/mol. The quantitative estimate of drug-likeness (QED) is 0.584. The Bertz CT molecular complexity index is 474. The Balaban J connectivity index is 2.93. The molecular weight excluding hydrogens is 248 g/mol. The van der Waals surface area contributed by atoms with E-state index in [0.29, 0.717) is 17.7 Å². The monoisotopic (exact) mass is 266 g/mol. The molecule has 0 heterocycles. The molecule has 0 amide bonds. The lowest BCUT2D eigenvalue weighted by Gasteiger charge is -2.18. The molecule has 1 rings (SSSR count). The van der Waals surface area contributed by atoms with E-state index in [0.717, 1.165) is 6.42 Å². The zero-order valence-electron chi connectivity index (χ0n) is 11.0. The average molecular weight is 266 g/mol. The summed E-state index contributed by atoms with van der Waals surface area (Å²) in [6.07, 6.45) is 1.54. The second kappa shape index (κ2) is 6.72. The van der Waals surface area contributed by atoms with Gasteiger partial charge in [0.05, 0.1) is 11.3 Å². The highest BCUT2D eigenvalue weighted by atomic mass is 16.6. The van der Waals surface area contributed by atoms with Gasteiger partial charge in [0.25, 0.3) is 5.69 Å². The maximum absolute atomic E-state index is 10.8. The van der Waals surface area contributed by atoms with Crippen LogP contribution in [0.4, 0.5) is 11.4 Å². The lowest BCUT2D eigenvalue weighted by atomic mass is 10.1. The molecule has 0 saturated carbocycles. The molecule has 0 saturated heterocycles. The van der Waals surface area contributed by atoms with Crippen LogP contribution < -0.4 is 5.32 Å². The molecule has 0 aromatic heterocycles. The first-order chi connectivity index (χ1) is 8.95. The third-order valence-corrected chi connectivity index (χ3v) is 2.92. The largest absolute Gasteiger partial charge is 0.481 e. The summed E-state index contributed by atoms with van der Waals surface area (Å²) in [5.74, 6) is -0.881. The third kappa shape index (κ3) is 4.24. The summed E-state index contributed by atoms with van der Waals surface area (Å²) in [7, 11) is 0. The lowest BCUT2D eigenvalue weighted by Crippen LogP contribution is -2.23. The number of rotatable bonds is 7. The number of carboxylic acids is 1. The topological polar surface area (TPSA) is 92.5 Å². The third-order valence-electron chi connectivity index (χ3n) is 2.92. The normalized spacial score (nSPS) is 11.9. The van der Waals surface area contributed by atoms with E-state index < -0.39 is 10.9 Å². The summed E-state index contributed by atoms with van der Waals surface area (Å²) in [6.45, 7) is 3.63. The second-order valence-corrected chi connectivity index (χ2v) is 4.43. The van der Waals surface area contributed by atoms with E-state index >= 15 is 0 Å². The molecule has 0 aliphatic heterocycles. The van der Waals surface area contributed by atoms with E-state index in [4.69, 9.17) is 5.11 Å². The van der Waals surface area contributed by atoms with Crippen molar-refractivity contribution >= 4 is 17.3 Å². The minimum absolute atomic E-state index is 0.00400. The molecule has 0 fully saturated rings. The summed E-state index contributed by atoms with van der Waals surface area (Å²) in [5.41, 5.74) is 1.18. The molecule has 0 aliphatic rings. The molecule has 6 heteroatoms. The Hall–Kier alpha value is -2.11. The summed E-state index contributed by atoms with van der Waals surface area (Å²) >= 11 is 0. The fourth-order valence-corrected chi connectivity index (χ4v) is 1.98. The van der Waals surface area contributed by atoms with Crippen molar-refractivity contribution < 1.29 is 14.8 Å². The first-order valence-corrected chi connectivity index (χ1v) is 6.18. The molecule has 19 heavy (non-hydrogen) atoms. The molecule has 0 spiro atoms. The highest BCUT2D eigenvalue weighted by Crippen LogP contribution is 2.26. The van der Waals surface area contributed by atoms with E-state index in [1.807, 2.05) is 6.92 Å².